The van der Waals surface area contributed by atoms with Crippen LogP contribution in [-0.4, -0.2) is 25.2 Å². The van der Waals surface area contributed by atoms with Crippen molar-refractivity contribution in [3.63, 3.8) is 0 Å². The number of carbonyl (C=O) groups is 2. The molecule has 0 saturated heterocycles. The zero-order valence-electron chi connectivity index (χ0n) is 8.62. The Morgan fingerprint density at radius 1 is 1.47 bits per heavy atom. The molecule has 0 aliphatic carbocycles. The van der Waals surface area contributed by atoms with Crippen LogP contribution >= 0.6 is 0 Å². The number of alkyl halides is 1. The number of amides is 1. The van der Waals surface area contributed by atoms with Gasteiger partial charge in [0.2, 0.25) is 6.79 Å². The average Bonchev–Trinajstić information content (AvgIpc) is 2.18. The van der Waals surface area contributed by atoms with E-state index in [0.29, 0.717) is 6.42 Å². The minimum Gasteiger partial charge on any atom is -0.428 e. The fourth-order valence-electron chi connectivity index (χ4n) is 0.667. The van der Waals surface area contributed by atoms with E-state index in [1.165, 1.54) is 0 Å². The van der Waals surface area contributed by atoms with Crippen molar-refractivity contribution in [3.8, 4) is 0 Å². The number of esters is 1. The molecule has 0 bridgehead atoms. The summed E-state index contributed by atoms with van der Waals surface area (Å²) in [6.07, 6.45) is -1.71. The molecule has 0 fully saturated rings. The van der Waals surface area contributed by atoms with E-state index in [2.05, 4.69) is 16.4 Å². The topological polar surface area (TPSA) is 64.6 Å². The second kappa shape index (κ2) is 8.02. The summed E-state index contributed by atoms with van der Waals surface area (Å²) in [6, 6.07) is 0. The number of hydrogen-bond acceptors (Lipinski definition) is 4. The summed E-state index contributed by atoms with van der Waals surface area (Å²) < 4.78 is 21.4. The molecule has 1 atom stereocenters. The van der Waals surface area contributed by atoms with Crippen LogP contribution in [0.4, 0.5) is 9.18 Å². The Morgan fingerprint density at radius 3 is 2.67 bits per heavy atom. The molecule has 0 heterocycles. The van der Waals surface area contributed by atoms with Crippen molar-refractivity contribution >= 4 is 12.1 Å². The van der Waals surface area contributed by atoms with Crippen molar-refractivity contribution in [3.05, 3.63) is 6.92 Å². The van der Waals surface area contributed by atoms with Crippen LogP contribution in [0.25, 0.3) is 0 Å². The van der Waals surface area contributed by atoms with Crippen LogP contribution in [0.15, 0.2) is 0 Å². The quantitative estimate of drug-likeness (QED) is 0.419. The van der Waals surface area contributed by atoms with Gasteiger partial charge in [0.05, 0.1) is 0 Å². The zero-order chi connectivity index (χ0) is 11.7. The molecule has 0 aliphatic rings. The van der Waals surface area contributed by atoms with E-state index in [-0.39, 0.29) is 12.8 Å². The van der Waals surface area contributed by atoms with Crippen LogP contribution in [0.2, 0.25) is 0 Å². The maximum absolute atomic E-state index is 12.5. The molecule has 0 aromatic heterocycles. The van der Waals surface area contributed by atoms with E-state index in [1.54, 1.807) is 0 Å². The summed E-state index contributed by atoms with van der Waals surface area (Å²) in [5.41, 5.74) is 0. The molecule has 5 nitrogen and oxygen atoms in total. The van der Waals surface area contributed by atoms with Gasteiger partial charge in [-0.15, -0.1) is 0 Å². The molecule has 0 spiro atoms. The third-order valence-corrected chi connectivity index (χ3v) is 1.39. The molecule has 15 heavy (non-hydrogen) atoms. The first kappa shape index (κ1) is 13.7. The lowest BCUT2D eigenvalue weighted by molar-refractivity contribution is -0.151. The fourth-order valence-corrected chi connectivity index (χ4v) is 0.667. The Kier molecular flexibility index (Phi) is 7.31. The minimum atomic E-state index is -1.55. The summed E-state index contributed by atoms with van der Waals surface area (Å²) in [5, 5.41) is 1.85. The Hall–Kier alpha value is -1.33. The third kappa shape index (κ3) is 7.72. The van der Waals surface area contributed by atoms with Crippen molar-refractivity contribution in [2.45, 2.75) is 32.5 Å². The highest BCUT2D eigenvalue weighted by atomic mass is 19.1. The normalized spacial score (nSPS) is 11.7. The largest absolute Gasteiger partial charge is 0.428 e. The smallest absolute Gasteiger partial charge is 0.412 e. The van der Waals surface area contributed by atoms with Gasteiger partial charge in [-0.2, -0.15) is 0 Å². The molecular weight excluding hydrogens is 205 g/mol. The van der Waals surface area contributed by atoms with Crippen molar-refractivity contribution < 1.29 is 23.5 Å². The molecule has 1 amide bonds. The molecule has 87 valence electrons. The Balaban J connectivity index is 3.50. The molecule has 0 saturated carbocycles. The maximum atomic E-state index is 12.5. The van der Waals surface area contributed by atoms with Crippen molar-refractivity contribution in [2.24, 2.45) is 0 Å². The van der Waals surface area contributed by atoms with Crippen molar-refractivity contribution in [1.29, 1.82) is 0 Å². The monoisotopic (exact) mass is 220 g/mol. The summed E-state index contributed by atoms with van der Waals surface area (Å²) in [6.45, 7) is 4.55. The highest BCUT2D eigenvalue weighted by molar-refractivity contribution is 5.70. The fraction of sp³-hybridized carbons (Fsp3) is 0.667. The predicted octanol–water partition coefficient (Wildman–Crippen LogP) is 1.53. The highest BCUT2D eigenvalue weighted by Crippen LogP contribution is 1.94. The number of halogens is 1. The van der Waals surface area contributed by atoms with Gasteiger partial charge >= 0.3 is 12.1 Å². The molecule has 6 heteroatoms. The molecule has 1 N–H and O–H groups in total. The molecule has 0 aromatic rings. The number of alkyl carbamates (subject to hydrolysis) is 1. The van der Waals surface area contributed by atoms with E-state index < -0.39 is 25.2 Å². The van der Waals surface area contributed by atoms with Crippen LogP contribution in [-0.2, 0) is 14.3 Å². The van der Waals surface area contributed by atoms with Crippen molar-refractivity contribution in [1.82, 2.24) is 5.32 Å². The van der Waals surface area contributed by atoms with E-state index in [0.717, 1.165) is 0 Å². The van der Waals surface area contributed by atoms with Gasteiger partial charge in [-0.3, -0.25) is 10.1 Å². The van der Waals surface area contributed by atoms with Crippen LogP contribution in [0, 0.1) is 6.92 Å². The Morgan fingerprint density at radius 2 is 2.13 bits per heavy atom. The number of hydrogen-bond donors (Lipinski definition) is 1. The number of ether oxygens (including phenoxy) is 2. The summed E-state index contributed by atoms with van der Waals surface area (Å²) in [7, 11) is 0. The first-order valence-corrected chi connectivity index (χ1v) is 4.62. The van der Waals surface area contributed by atoms with Gasteiger partial charge in [-0.25, -0.2) is 9.18 Å². The van der Waals surface area contributed by atoms with Crippen molar-refractivity contribution in [2.75, 3.05) is 6.79 Å². The molecule has 0 rings (SSSR count). The highest BCUT2D eigenvalue weighted by Gasteiger charge is 2.09. The zero-order valence-corrected chi connectivity index (χ0v) is 8.62. The number of nitrogens with one attached hydrogen (secondary N) is 1. The standard InChI is InChI=1S/C9H15FNO4/c1-3-5-8(12)14-6-15-9(13)11-7(10)4-2/h7H,2-6H2,1H3,(H,11,13). The van der Waals surface area contributed by atoms with Gasteiger partial charge in [-0.1, -0.05) is 6.92 Å². The summed E-state index contributed by atoms with van der Waals surface area (Å²) in [4.78, 5) is 21.5. The SMILES string of the molecule is [CH2]CC(F)NC(=O)OCOC(=O)CCC. The van der Waals surface area contributed by atoms with Crippen LogP contribution in [0.3, 0.4) is 0 Å². The lowest BCUT2D eigenvalue weighted by Crippen LogP contribution is -2.32. The maximum Gasteiger partial charge on any atom is 0.412 e. The van der Waals surface area contributed by atoms with E-state index in [1.807, 2.05) is 12.2 Å². The second-order valence-corrected chi connectivity index (χ2v) is 2.72. The molecular formula is C9H15FNO4. The van der Waals surface area contributed by atoms with Gasteiger partial charge in [-0.05, 0) is 19.8 Å². The van der Waals surface area contributed by atoms with E-state index in [9.17, 15) is 14.0 Å². The Bertz CT molecular complexity index is 210. The summed E-state index contributed by atoms with van der Waals surface area (Å²) in [5.74, 6) is -0.459. The van der Waals surface area contributed by atoms with Gasteiger partial charge in [0.15, 0.2) is 6.30 Å². The molecule has 1 radical (unpaired) electrons. The lowest BCUT2D eigenvalue weighted by Gasteiger charge is -2.09. The van der Waals surface area contributed by atoms with Gasteiger partial charge < -0.3 is 9.47 Å². The van der Waals surface area contributed by atoms with Gasteiger partial charge in [0.25, 0.3) is 0 Å². The molecule has 1 unspecified atom stereocenters. The number of carbonyl (C=O) groups excluding carboxylic acids is 2. The van der Waals surface area contributed by atoms with Crippen LogP contribution < -0.4 is 5.32 Å². The van der Waals surface area contributed by atoms with Gasteiger partial charge in [0.1, 0.15) is 0 Å². The molecule has 0 aliphatic heterocycles. The van der Waals surface area contributed by atoms with Crippen LogP contribution in [0.1, 0.15) is 26.2 Å². The van der Waals surface area contributed by atoms with Crippen LogP contribution in [0.5, 0.6) is 0 Å². The second-order valence-electron chi connectivity index (χ2n) is 2.72. The first-order valence-electron chi connectivity index (χ1n) is 4.62. The predicted molar refractivity (Wildman–Crippen MR) is 50.4 cm³/mol. The molecule has 0 aromatic carbocycles. The number of rotatable bonds is 6. The summed E-state index contributed by atoms with van der Waals surface area (Å²) >= 11 is 0. The minimum absolute atomic E-state index is 0.0925. The van der Waals surface area contributed by atoms with E-state index >= 15 is 0 Å². The lowest BCUT2D eigenvalue weighted by atomic mass is 10.3. The Labute approximate surface area is 87.9 Å². The third-order valence-electron chi connectivity index (χ3n) is 1.39. The first-order chi connectivity index (χ1) is 7.10. The van der Waals surface area contributed by atoms with Gasteiger partial charge in [0, 0.05) is 6.42 Å². The average molecular weight is 220 g/mol. The van der Waals surface area contributed by atoms with E-state index in [4.69, 9.17) is 0 Å².